The van der Waals surface area contributed by atoms with Crippen LogP contribution in [-0.4, -0.2) is 9.78 Å². The van der Waals surface area contributed by atoms with Crippen molar-refractivity contribution >= 4 is 17.3 Å². The molecule has 1 heterocycles. The number of rotatable bonds is 4. The summed E-state index contributed by atoms with van der Waals surface area (Å²) in [5.41, 5.74) is 3.98. The number of fused-ring (bicyclic) bond motifs is 1. The van der Waals surface area contributed by atoms with Crippen molar-refractivity contribution in [3.8, 4) is 0 Å². The number of nitrogens with zero attached hydrogens (tertiary/aromatic N) is 2. The topological polar surface area (TPSA) is 46.9 Å². The molecule has 132 valence electrons. The first kappa shape index (κ1) is 16.9. The lowest BCUT2D eigenvalue weighted by molar-refractivity contribution is 0.596. The molecule has 0 amide bonds. The van der Waals surface area contributed by atoms with Crippen molar-refractivity contribution in [1.82, 2.24) is 9.78 Å². The van der Waals surface area contributed by atoms with Crippen LogP contribution in [0.15, 0.2) is 65.6 Å². The Balaban J connectivity index is 1.59. The van der Waals surface area contributed by atoms with Crippen LogP contribution in [0.25, 0.3) is 0 Å². The predicted molar refractivity (Wildman–Crippen MR) is 105 cm³/mol. The number of nitrogens with one attached hydrogen (secondary N) is 1. The van der Waals surface area contributed by atoms with Gasteiger partial charge < -0.3 is 5.32 Å². The molecule has 26 heavy (non-hydrogen) atoms. The molecule has 0 saturated heterocycles. The maximum absolute atomic E-state index is 12.6. The molecule has 1 N–H and O–H groups in total. The van der Waals surface area contributed by atoms with Gasteiger partial charge in [0.05, 0.1) is 24.5 Å². The van der Waals surface area contributed by atoms with E-state index in [9.17, 15) is 4.79 Å². The van der Waals surface area contributed by atoms with E-state index < -0.39 is 0 Å². The number of benzene rings is 2. The average Bonchev–Trinajstić information content (AvgIpc) is 2.69. The number of hydrogen-bond donors (Lipinski definition) is 1. The van der Waals surface area contributed by atoms with E-state index in [1.54, 1.807) is 6.20 Å². The molecule has 1 aliphatic rings. The lowest BCUT2D eigenvalue weighted by Gasteiger charge is -2.27. The van der Waals surface area contributed by atoms with Gasteiger partial charge in [-0.3, -0.25) is 4.79 Å². The number of aromatic nitrogens is 2. The number of aryl methyl sites for hydroxylation is 1. The average molecular weight is 366 g/mol. The minimum Gasteiger partial charge on any atom is -0.376 e. The van der Waals surface area contributed by atoms with Crippen molar-refractivity contribution in [2.75, 3.05) is 5.32 Å². The van der Waals surface area contributed by atoms with Crippen LogP contribution >= 0.6 is 11.6 Å². The first-order chi connectivity index (χ1) is 12.7. The second-order valence-corrected chi connectivity index (χ2v) is 6.99. The summed E-state index contributed by atoms with van der Waals surface area (Å²) in [6.07, 6.45) is 4.88. The van der Waals surface area contributed by atoms with E-state index in [-0.39, 0.29) is 16.6 Å². The monoisotopic (exact) mass is 365 g/mol. The van der Waals surface area contributed by atoms with Gasteiger partial charge in [-0.15, -0.1) is 0 Å². The summed E-state index contributed by atoms with van der Waals surface area (Å²) in [6.45, 7) is 0.409. The third-order valence-corrected chi connectivity index (χ3v) is 5.22. The van der Waals surface area contributed by atoms with Gasteiger partial charge in [0, 0.05) is 0 Å². The van der Waals surface area contributed by atoms with Gasteiger partial charge in [0.15, 0.2) is 0 Å². The summed E-state index contributed by atoms with van der Waals surface area (Å²) in [6, 6.07) is 18.4. The zero-order chi connectivity index (χ0) is 17.9. The highest BCUT2D eigenvalue weighted by Gasteiger charge is 2.21. The number of hydrogen-bond acceptors (Lipinski definition) is 3. The number of halogens is 1. The van der Waals surface area contributed by atoms with Crippen LogP contribution in [-0.2, 0) is 13.0 Å². The van der Waals surface area contributed by atoms with Crippen LogP contribution in [0.1, 0.15) is 35.6 Å². The zero-order valence-electron chi connectivity index (χ0n) is 14.4. The lowest BCUT2D eigenvalue weighted by Crippen LogP contribution is -2.26. The minimum atomic E-state index is -0.274. The van der Waals surface area contributed by atoms with Gasteiger partial charge >= 0.3 is 0 Å². The lowest BCUT2D eigenvalue weighted by atomic mass is 9.87. The second kappa shape index (κ2) is 7.34. The molecule has 0 aliphatic heterocycles. The van der Waals surface area contributed by atoms with Crippen molar-refractivity contribution in [2.45, 2.75) is 31.8 Å². The van der Waals surface area contributed by atoms with E-state index in [4.69, 9.17) is 11.6 Å². The Morgan fingerprint density at radius 3 is 2.73 bits per heavy atom. The van der Waals surface area contributed by atoms with Crippen molar-refractivity contribution in [1.29, 1.82) is 0 Å². The molecule has 4 nitrogen and oxygen atoms in total. The van der Waals surface area contributed by atoms with Gasteiger partial charge in [0.2, 0.25) is 0 Å². The van der Waals surface area contributed by atoms with Crippen molar-refractivity contribution in [3.63, 3.8) is 0 Å². The van der Waals surface area contributed by atoms with Crippen LogP contribution in [0.4, 0.5) is 5.69 Å². The Morgan fingerprint density at radius 2 is 1.88 bits per heavy atom. The minimum absolute atomic E-state index is 0.156. The van der Waals surface area contributed by atoms with E-state index in [2.05, 4.69) is 34.7 Å². The van der Waals surface area contributed by atoms with Crippen LogP contribution < -0.4 is 10.9 Å². The Morgan fingerprint density at radius 1 is 1.12 bits per heavy atom. The SMILES string of the molecule is O=c1c(Cl)c(N[C@@H]2CCCc3ccccc32)cnn1Cc1ccccc1. The van der Waals surface area contributed by atoms with E-state index >= 15 is 0 Å². The molecule has 4 rings (SSSR count). The van der Waals surface area contributed by atoms with Gasteiger partial charge in [-0.2, -0.15) is 5.10 Å². The molecule has 0 fully saturated rings. The van der Waals surface area contributed by atoms with Gasteiger partial charge in [-0.05, 0) is 36.0 Å². The fraction of sp³-hybridized carbons (Fsp3) is 0.238. The first-order valence-corrected chi connectivity index (χ1v) is 9.24. The summed E-state index contributed by atoms with van der Waals surface area (Å²) >= 11 is 6.38. The maximum atomic E-state index is 12.6. The van der Waals surface area contributed by atoms with Gasteiger partial charge in [0.1, 0.15) is 5.02 Å². The summed E-state index contributed by atoms with van der Waals surface area (Å²) in [4.78, 5) is 12.6. The normalized spacial score (nSPS) is 16.1. The van der Waals surface area contributed by atoms with E-state index in [1.807, 2.05) is 30.3 Å². The molecule has 0 spiro atoms. The standard InChI is InChI=1S/C21H20ClN3O/c22-20-19(24-18-12-6-10-16-9-4-5-11-17(16)18)13-23-25(21(20)26)14-15-7-2-1-3-8-15/h1-5,7-9,11,13,18,24H,6,10,12,14H2/t18-/m1/s1. The molecular weight excluding hydrogens is 346 g/mol. The van der Waals surface area contributed by atoms with E-state index in [0.717, 1.165) is 24.8 Å². The molecule has 3 aromatic rings. The summed E-state index contributed by atoms with van der Waals surface area (Å²) in [7, 11) is 0. The molecule has 1 aromatic heterocycles. The molecule has 0 saturated carbocycles. The first-order valence-electron chi connectivity index (χ1n) is 8.86. The zero-order valence-corrected chi connectivity index (χ0v) is 15.1. The Labute approximate surface area is 157 Å². The van der Waals surface area contributed by atoms with E-state index in [1.165, 1.54) is 15.8 Å². The largest absolute Gasteiger partial charge is 0.376 e. The summed E-state index contributed by atoms with van der Waals surface area (Å²) < 4.78 is 1.40. The fourth-order valence-electron chi connectivity index (χ4n) is 3.53. The highest BCUT2D eigenvalue weighted by atomic mass is 35.5. The highest BCUT2D eigenvalue weighted by molar-refractivity contribution is 6.32. The second-order valence-electron chi connectivity index (χ2n) is 6.61. The summed E-state index contributed by atoms with van der Waals surface area (Å²) in [5, 5.41) is 7.94. The molecule has 0 unspecified atom stereocenters. The Kier molecular flexibility index (Phi) is 4.76. The third-order valence-electron chi connectivity index (χ3n) is 4.86. The van der Waals surface area contributed by atoms with Crippen molar-refractivity contribution in [2.24, 2.45) is 0 Å². The Bertz CT molecular complexity index is 968. The fourth-order valence-corrected chi connectivity index (χ4v) is 3.73. The van der Waals surface area contributed by atoms with E-state index in [0.29, 0.717) is 12.2 Å². The summed E-state index contributed by atoms with van der Waals surface area (Å²) in [5.74, 6) is 0. The smallest absolute Gasteiger partial charge is 0.287 e. The van der Waals surface area contributed by atoms with Crippen LogP contribution in [0.3, 0.4) is 0 Å². The van der Waals surface area contributed by atoms with Crippen molar-refractivity contribution in [3.05, 3.63) is 92.9 Å². The van der Waals surface area contributed by atoms with Gasteiger partial charge in [0.25, 0.3) is 5.56 Å². The van der Waals surface area contributed by atoms with Gasteiger partial charge in [-0.1, -0.05) is 66.2 Å². The predicted octanol–water partition coefficient (Wildman–Crippen LogP) is 4.43. The van der Waals surface area contributed by atoms with Crippen LogP contribution in [0.2, 0.25) is 5.02 Å². The molecular formula is C21H20ClN3O. The molecule has 0 bridgehead atoms. The molecule has 5 heteroatoms. The highest BCUT2D eigenvalue weighted by Crippen LogP contribution is 2.33. The molecule has 1 aliphatic carbocycles. The molecule has 1 atom stereocenters. The Hall–Kier alpha value is -2.59. The van der Waals surface area contributed by atoms with Crippen molar-refractivity contribution < 1.29 is 0 Å². The molecule has 2 aromatic carbocycles. The number of anilines is 1. The van der Waals surface area contributed by atoms with Gasteiger partial charge in [-0.25, -0.2) is 4.68 Å². The quantitative estimate of drug-likeness (QED) is 0.743. The third kappa shape index (κ3) is 3.37. The van der Waals surface area contributed by atoms with Crippen LogP contribution in [0.5, 0.6) is 0 Å². The maximum Gasteiger partial charge on any atom is 0.287 e. The molecule has 0 radical (unpaired) electrons. The van der Waals surface area contributed by atoms with Crippen LogP contribution in [0, 0.1) is 0 Å².